The largest absolute Gasteiger partial charge is 0.310 e. The molecular weight excluding hydrogens is 284 g/mol. The molecule has 1 heterocycles. The minimum Gasteiger partial charge on any atom is -0.310 e. The van der Waals surface area contributed by atoms with Gasteiger partial charge in [0.2, 0.25) is 0 Å². The second-order valence-electron chi connectivity index (χ2n) is 4.88. The Bertz CT molecular complexity index is 520. The van der Waals surface area contributed by atoms with Crippen molar-refractivity contribution in [2.24, 2.45) is 0 Å². The zero-order valence-corrected chi connectivity index (χ0v) is 14.0. The molecule has 0 aliphatic carbocycles. The summed E-state index contributed by atoms with van der Waals surface area (Å²) in [7, 11) is 0. The predicted octanol–water partition coefficient (Wildman–Crippen LogP) is 4.80. The lowest BCUT2D eigenvalue weighted by Crippen LogP contribution is -2.19. The maximum Gasteiger partial charge on any atom is 0.0897 e. The van der Waals surface area contributed by atoms with Crippen molar-refractivity contribution in [3.63, 3.8) is 0 Å². The summed E-state index contributed by atoms with van der Waals surface area (Å²) in [6.07, 6.45) is 3.16. The van der Waals surface area contributed by atoms with Crippen LogP contribution in [0.3, 0.4) is 0 Å². The Hall–Kier alpha value is -0.840. The number of aryl methyl sites for hydroxylation is 1. The number of rotatable bonds is 7. The zero-order valence-electron chi connectivity index (χ0n) is 12.3. The third-order valence-corrected chi connectivity index (χ3v) is 5.29. The van der Waals surface area contributed by atoms with Crippen LogP contribution in [0.5, 0.6) is 0 Å². The van der Waals surface area contributed by atoms with Gasteiger partial charge in [-0.15, -0.1) is 23.1 Å². The molecule has 1 unspecified atom stereocenters. The zero-order chi connectivity index (χ0) is 14.4. The van der Waals surface area contributed by atoms with Crippen LogP contribution in [0, 0.1) is 6.92 Å². The second kappa shape index (κ2) is 7.81. The summed E-state index contributed by atoms with van der Waals surface area (Å²) >= 11 is 3.66. The molecule has 1 N–H and O–H groups in total. The van der Waals surface area contributed by atoms with Crippen LogP contribution in [0.2, 0.25) is 0 Å². The first kappa shape index (κ1) is 15.5. The van der Waals surface area contributed by atoms with Crippen molar-refractivity contribution in [1.82, 2.24) is 10.3 Å². The third-order valence-electron chi connectivity index (χ3n) is 3.13. The molecule has 20 heavy (non-hydrogen) atoms. The summed E-state index contributed by atoms with van der Waals surface area (Å²) in [6.45, 7) is 7.54. The monoisotopic (exact) mass is 306 g/mol. The Balaban J connectivity index is 1.87. The van der Waals surface area contributed by atoms with Gasteiger partial charge in [-0.3, -0.25) is 0 Å². The maximum absolute atomic E-state index is 4.29. The van der Waals surface area contributed by atoms with Crippen LogP contribution >= 0.6 is 23.1 Å². The van der Waals surface area contributed by atoms with Crippen LogP contribution in [0.15, 0.2) is 35.4 Å². The first-order valence-corrected chi connectivity index (χ1v) is 8.86. The molecule has 2 nitrogen and oxygen atoms in total. The molecule has 0 aliphatic rings. The van der Waals surface area contributed by atoms with Gasteiger partial charge in [0.25, 0.3) is 0 Å². The Labute approximate surface area is 130 Å². The van der Waals surface area contributed by atoms with E-state index in [0.29, 0.717) is 6.04 Å². The average molecular weight is 306 g/mol. The number of thioether (sulfide) groups is 1. The van der Waals surface area contributed by atoms with Gasteiger partial charge in [-0.1, -0.05) is 19.1 Å². The van der Waals surface area contributed by atoms with Gasteiger partial charge in [-0.05, 0) is 44.5 Å². The molecular formula is C16H22N2S2. The second-order valence-corrected chi connectivity index (χ2v) is 7.25. The van der Waals surface area contributed by atoms with E-state index in [9.17, 15) is 0 Å². The van der Waals surface area contributed by atoms with E-state index >= 15 is 0 Å². The minimum atomic E-state index is 0.429. The van der Waals surface area contributed by atoms with E-state index in [2.05, 4.69) is 55.3 Å². The van der Waals surface area contributed by atoms with Gasteiger partial charge >= 0.3 is 0 Å². The fourth-order valence-corrected chi connectivity index (χ4v) is 3.67. The van der Waals surface area contributed by atoms with Gasteiger partial charge in [0, 0.05) is 27.8 Å². The Morgan fingerprint density at radius 3 is 2.65 bits per heavy atom. The number of aromatic nitrogens is 1. The molecule has 1 aromatic carbocycles. The highest BCUT2D eigenvalue weighted by molar-refractivity contribution is 7.98. The number of nitrogens with zero attached hydrogens (tertiary/aromatic N) is 1. The predicted molar refractivity (Wildman–Crippen MR) is 89.6 cm³/mol. The summed E-state index contributed by atoms with van der Waals surface area (Å²) in [5.41, 5.74) is 1.36. The van der Waals surface area contributed by atoms with Crippen LogP contribution in [0.1, 0.15) is 41.8 Å². The first-order chi connectivity index (χ1) is 9.69. The Morgan fingerprint density at radius 2 is 2.05 bits per heavy atom. The van der Waals surface area contributed by atoms with Crippen molar-refractivity contribution in [2.75, 3.05) is 6.54 Å². The lowest BCUT2D eigenvalue weighted by atomic mass is 10.1. The van der Waals surface area contributed by atoms with Gasteiger partial charge in [0.05, 0.1) is 5.01 Å². The lowest BCUT2D eigenvalue weighted by molar-refractivity contribution is 0.570. The Kier molecular flexibility index (Phi) is 6.07. The molecule has 0 fully saturated rings. The lowest BCUT2D eigenvalue weighted by Gasteiger charge is -2.13. The number of hydrogen-bond acceptors (Lipinski definition) is 4. The molecule has 2 aromatic rings. The summed E-state index contributed by atoms with van der Waals surface area (Å²) in [5.74, 6) is 1.01. The molecule has 4 heteroatoms. The van der Waals surface area contributed by atoms with Crippen molar-refractivity contribution in [2.45, 2.75) is 43.9 Å². The molecule has 0 radical (unpaired) electrons. The van der Waals surface area contributed by atoms with E-state index in [-0.39, 0.29) is 0 Å². The van der Waals surface area contributed by atoms with Crippen molar-refractivity contribution in [3.8, 4) is 0 Å². The maximum atomic E-state index is 4.29. The van der Waals surface area contributed by atoms with Crippen molar-refractivity contribution >= 4 is 23.1 Å². The van der Waals surface area contributed by atoms with E-state index in [0.717, 1.165) is 17.3 Å². The van der Waals surface area contributed by atoms with Crippen LogP contribution < -0.4 is 5.32 Å². The summed E-state index contributed by atoms with van der Waals surface area (Å²) in [5, 5.41) is 4.66. The van der Waals surface area contributed by atoms with Gasteiger partial charge < -0.3 is 5.32 Å². The topological polar surface area (TPSA) is 24.9 Å². The van der Waals surface area contributed by atoms with Gasteiger partial charge in [0.15, 0.2) is 0 Å². The molecule has 0 saturated heterocycles. The molecule has 1 atom stereocenters. The molecule has 2 rings (SSSR count). The number of benzene rings is 1. The number of thiazole rings is 1. The normalized spacial score (nSPS) is 12.6. The molecule has 108 valence electrons. The molecule has 0 amide bonds. The minimum absolute atomic E-state index is 0.429. The van der Waals surface area contributed by atoms with E-state index in [1.807, 2.05) is 18.0 Å². The standard InChI is InChI=1S/C16H22N2S2/c1-4-9-17-12(2)14-5-7-15(8-6-14)19-11-16-10-18-13(3)20-16/h5-8,10,12,17H,4,9,11H2,1-3H3. The highest BCUT2D eigenvalue weighted by Crippen LogP contribution is 2.26. The van der Waals surface area contributed by atoms with Gasteiger partial charge in [0.1, 0.15) is 0 Å². The Morgan fingerprint density at radius 1 is 1.30 bits per heavy atom. The first-order valence-electron chi connectivity index (χ1n) is 7.06. The molecule has 1 aromatic heterocycles. The fraction of sp³-hybridized carbons (Fsp3) is 0.438. The van der Waals surface area contributed by atoms with Gasteiger partial charge in [-0.2, -0.15) is 0 Å². The highest BCUT2D eigenvalue weighted by atomic mass is 32.2. The van der Waals surface area contributed by atoms with Crippen LogP contribution in [0.25, 0.3) is 0 Å². The number of hydrogen-bond donors (Lipinski definition) is 1. The van der Waals surface area contributed by atoms with Crippen molar-refractivity contribution < 1.29 is 0 Å². The summed E-state index contributed by atoms with van der Waals surface area (Å²) in [4.78, 5) is 6.96. The van der Waals surface area contributed by atoms with E-state index in [1.54, 1.807) is 11.3 Å². The summed E-state index contributed by atoms with van der Waals surface area (Å²) < 4.78 is 0. The average Bonchev–Trinajstić information content (AvgIpc) is 2.89. The van der Waals surface area contributed by atoms with E-state index < -0.39 is 0 Å². The number of nitrogens with one attached hydrogen (secondary N) is 1. The smallest absolute Gasteiger partial charge is 0.0897 e. The summed E-state index contributed by atoms with van der Waals surface area (Å²) in [6, 6.07) is 9.33. The van der Waals surface area contributed by atoms with Crippen LogP contribution in [-0.2, 0) is 5.75 Å². The van der Waals surface area contributed by atoms with E-state index in [4.69, 9.17) is 0 Å². The fourth-order valence-electron chi connectivity index (χ4n) is 1.96. The van der Waals surface area contributed by atoms with Crippen molar-refractivity contribution in [3.05, 3.63) is 45.9 Å². The third kappa shape index (κ3) is 4.62. The quantitative estimate of drug-likeness (QED) is 0.743. The SMILES string of the molecule is CCCNC(C)c1ccc(SCc2cnc(C)s2)cc1. The van der Waals surface area contributed by atoms with Crippen LogP contribution in [-0.4, -0.2) is 11.5 Å². The molecule has 0 aliphatic heterocycles. The highest BCUT2D eigenvalue weighted by Gasteiger charge is 2.04. The van der Waals surface area contributed by atoms with Crippen LogP contribution in [0.4, 0.5) is 0 Å². The van der Waals surface area contributed by atoms with Crippen molar-refractivity contribution in [1.29, 1.82) is 0 Å². The van der Waals surface area contributed by atoms with E-state index in [1.165, 1.54) is 21.8 Å². The molecule has 0 saturated carbocycles. The van der Waals surface area contributed by atoms with Gasteiger partial charge in [-0.25, -0.2) is 4.98 Å². The molecule has 0 bridgehead atoms. The molecule has 0 spiro atoms.